The van der Waals surface area contributed by atoms with E-state index in [4.69, 9.17) is 0 Å². The van der Waals surface area contributed by atoms with Gasteiger partial charge in [0.15, 0.2) is 0 Å². The minimum atomic E-state index is -0.355. The Morgan fingerprint density at radius 1 is 0.935 bits per heavy atom. The van der Waals surface area contributed by atoms with Crippen LogP contribution in [-0.2, 0) is 6.54 Å². The van der Waals surface area contributed by atoms with Gasteiger partial charge < -0.3 is 9.80 Å². The lowest BCUT2D eigenvalue weighted by Crippen LogP contribution is -2.31. The summed E-state index contributed by atoms with van der Waals surface area (Å²) in [5.41, 5.74) is 2.20. The van der Waals surface area contributed by atoms with Crippen molar-refractivity contribution in [2.75, 3.05) is 18.0 Å². The predicted molar refractivity (Wildman–Crippen MR) is 119 cm³/mol. The van der Waals surface area contributed by atoms with Crippen molar-refractivity contribution in [3.8, 4) is 0 Å². The molecule has 1 saturated heterocycles. The molecule has 0 radical (unpaired) electrons. The molecule has 31 heavy (non-hydrogen) atoms. The third-order valence-electron chi connectivity index (χ3n) is 5.76. The van der Waals surface area contributed by atoms with Crippen LogP contribution in [-0.4, -0.2) is 29.8 Å². The summed E-state index contributed by atoms with van der Waals surface area (Å²) >= 11 is 1.50. The van der Waals surface area contributed by atoms with Crippen LogP contribution in [0.25, 0.3) is 0 Å². The highest BCUT2D eigenvalue weighted by Gasteiger charge is 2.29. The van der Waals surface area contributed by atoms with Gasteiger partial charge in [0.1, 0.15) is 5.82 Å². The Bertz CT molecular complexity index is 1170. The maximum Gasteiger partial charge on any atom is 0.259 e. The molecule has 1 fully saturated rings. The summed E-state index contributed by atoms with van der Waals surface area (Å²) in [6, 6.07) is 19.4. The van der Waals surface area contributed by atoms with Gasteiger partial charge in [0.05, 0.1) is 17.8 Å². The van der Waals surface area contributed by atoms with Gasteiger partial charge in [0, 0.05) is 34.0 Å². The Morgan fingerprint density at radius 2 is 1.68 bits per heavy atom. The molecule has 2 heterocycles. The second-order valence-electron chi connectivity index (χ2n) is 7.76. The number of likely N-dealkylation sites (tertiary alicyclic amines) is 1. The van der Waals surface area contributed by atoms with Crippen molar-refractivity contribution in [1.29, 1.82) is 0 Å². The molecular formula is C25H21FN2O2S. The number of halogens is 1. The van der Waals surface area contributed by atoms with Crippen LogP contribution in [0.1, 0.15) is 39.1 Å². The highest BCUT2D eigenvalue weighted by Crippen LogP contribution is 2.42. The zero-order chi connectivity index (χ0) is 21.4. The monoisotopic (exact) mass is 432 g/mol. The number of nitrogens with zero attached hydrogens (tertiary/aromatic N) is 2. The largest absolute Gasteiger partial charge is 0.339 e. The number of hydrogen-bond acceptors (Lipinski definition) is 3. The van der Waals surface area contributed by atoms with Crippen LogP contribution < -0.4 is 4.90 Å². The van der Waals surface area contributed by atoms with Crippen molar-refractivity contribution < 1.29 is 14.0 Å². The van der Waals surface area contributed by atoms with Gasteiger partial charge in [-0.25, -0.2) is 4.39 Å². The first-order valence-electron chi connectivity index (χ1n) is 10.4. The SMILES string of the molecule is O=C(c1ccc2c(c1)N(Cc1ccccc1F)C(=O)c1ccccc1S2)N1CCCC1. The molecule has 6 heteroatoms. The average molecular weight is 433 g/mol. The molecule has 0 aromatic heterocycles. The molecular weight excluding hydrogens is 411 g/mol. The van der Waals surface area contributed by atoms with Gasteiger partial charge in [-0.15, -0.1) is 0 Å². The molecule has 0 unspecified atom stereocenters. The lowest BCUT2D eigenvalue weighted by atomic mass is 10.1. The first-order valence-corrected chi connectivity index (χ1v) is 11.2. The van der Waals surface area contributed by atoms with E-state index in [2.05, 4.69) is 0 Å². The standard InChI is InChI=1S/C25H21FN2O2S/c26-20-9-3-1-7-18(20)16-28-21-15-17(24(29)27-13-5-6-14-27)11-12-23(21)31-22-10-4-2-8-19(22)25(28)30/h1-4,7-12,15H,5-6,13-14,16H2. The number of amides is 2. The Balaban J connectivity index is 1.61. The van der Waals surface area contributed by atoms with E-state index in [-0.39, 0.29) is 24.2 Å². The van der Waals surface area contributed by atoms with E-state index >= 15 is 0 Å². The Morgan fingerprint density at radius 3 is 2.48 bits per heavy atom. The molecule has 0 bridgehead atoms. The predicted octanol–water partition coefficient (Wildman–Crippen LogP) is 5.37. The first kappa shape index (κ1) is 19.8. The molecule has 2 amide bonds. The molecule has 3 aromatic rings. The van der Waals surface area contributed by atoms with Gasteiger partial charge in [0.25, 0.3) is 11.8 Å². The third kappa shape index (κ3) is 3.72. The van der Waals surface area contributed by atoms with E-state index < -0.39 is 0 Å². The lowest BCUT2D eigenvalue weighted by molar-refractivity contribution is 0.0792. The van der Waals surface area contributed by atoms with Gasteiger partial charge in [-0.05, 0) is 49.2 Å². The summed E-state index contributed by atoms with van der Waals surface area (Å²) < 4.78 is 14.5. The van der Waals surface area contributed by atoms with Crippen LogP contribution in [0, 0.1) is 5.82 Å². The smallest absolute Gasteiger partial charge is 0.259 e. The lowest BCUT2D eigenvalue weighted by Gasteiger charge is -2.24. The summed E-state index contributed by atoms with van der Waals surface area (Å²) in [6.07, 6.45) is 2.03. The highest BCUT2D eigenvalue weighted by molar-refractivity contribution is 7.99. The molecule has 3 aromatic carbocycles. The zero-order valence-corrected chi connectivity index (χ0v) is 17.7. The maximum absolute atomic E-state index is 14.5. The Kier molecular flexibility index (Phi) is 5.24. The van der Waals surface area contributed by atoms with Gasteiger partial charge in [-0.3, -0.25) is 9.59 Å². The van der Waals surface area contributed by atoms with Gasteiger partial charge in [-0.2, -0.15) is 0 Å². The molecule has 0 aliphatic carbocycles. The first-order chi connectivity index (χ1) is 15.1. The van der Waals surface area contributed by atoms with Crippen LogP contribution in [0.5, 0.6) is 0 Å². The van der Waals surface area contributed by atoms with E-state index in [1.54, 1.807) is 35.2 Å². The normalized spacial score (nSPS) is 15.5. The number of benzene rings is 3. The third-order valence-corrected chi connectivity index (χ3v) is 6.90. The summed E-state index contributed by atoms with van der Waals surface area (Å²) in [6.45, 7) is 1.61. The number of carbonyl (C=O) groups is 2. The molecule has 0 spiro atoms. The van der Waals surface area contributed by atoms with Crippen LogP contribution in [0.2, 0.25) is 0 Å². The van der Waals surface area contributed by atoms with E-state index in [0.29, 0.717) is 22.4 Å². The summed E-state index contributed by atoms with van der Waals surface area (Å²) in [5, 5.41) is 0. The van der Waals surface area contributed by atoms with E-state index in [9.17, 15) is 14.0 Å². The molecule has 2 aliphatic rings. The van der Waals surface area contributed by atoms with Crippen LogP contribution in [0.15, 0.2) is 76.5 Å². The number of anilines is 1. The van der Waals surface area contributed by atoms with Crippen molar-refractivity contribution in [2.45, 2.75) is 29.2 Å². The number of hydrogen-bond donors (Lipinski definition) is 0. The van der Waals surface area contributed by atoms with Crippen molar-refractivity contribution in [3.63, 3.8) is 0 Å². The van der Waals surface area contributed by atoms with Crippen LogP contribution in [0.3, 0.4) is 0 Å². The molecule has 0 N–H and O–H groups in total. The quantitative estimate of drug-likeness (QED) is 0.558. The fourth-order valence-electron chi connectivity index (χ4n) is 4.11. The molecule has 5 rings (SSSR count). The molecule has 4 nitrogen and oxygen atoms in total. The number of rotatable bonds is 3. The van der Waals surface area contributed by atoms with Crippen molar-refractivity contribution >= 4 is 29.3 Å². The van der Waals surface area contributed by atoms with Gasteiger partial charge >= 0.3 is 0 Å². The Hall–Kier alpha value is -3.12. The summed E-state index contributed by atoms with van der Waals surface area (Å²) in [4.78, 5) is 31.7. The van der Waals surface area contributed by atoms with Crippen LogP contribution >= 0.6 is 11.8 Å². The molecule has 156 valence electrons. The summed E-state index contributed by atoms with van der Waals surface area (Å²) in [5.74, 6) is -0.576. The highest BCUT2D eigenvalue weighted by atomic mass is 32.2. The maximum atomic E-state index is 14.5. The summed E-state index contributed by atoms with van der Waals surface area (Å²) in [7, 11) is 0. The second kappa shape index (κ2) is 8.19. The van der Waals surface area contributed by atoms with Crippen LogP contribution in [0.4, 0.5) is 10.1 Å². The molecule has 2 aliphatic heterocycles. The molecule has 0 saturated carbocycles. The van der Waals surface area contributed by atoms with E-state index in [1.807, 2.05) is 35.2 Å². The van der Waals surface area contributed by atoms with Gasteiger partial charge in [0.2, 0.25) is 0 Å². The van der Waals surface area contributed by atoms with E-state index in [1.165, 1.54) is 17.8 Å². The minimum Gasteiger partial charge on any atom is -0.339 e. The average Bonchev–Trinajstić information content (AvgIpc) is 3.30. The van der Waals surface area contributed by atoms with Gasteiger partial charge in [-0.1, -0.05) is 42.1 Å². The topological polar surface area (TPSA) is 40.6 Å². The van der Waals surface area contributed by atoms with E-state index in [0.717, 1.165) is 35.7 Å². The van der Waals surface area contributed by atoms with Crippen molar-refractivity contribution in [1.82, 2.24) is 4.90 Å². The Labute approximate surface area is 184 Å². The fourth-order valence-corrected chi connectivity index (χ4v) is 5.17. The second-order valence-corrected chi connectivity index (χ2v) is 8.85. The number of fused-ring (bicyclic) bond motifs is 2. The fraction of sp³-hybridized carbons (Fsp3) is 0.200. The van der Waals surface area contributed by atoms with Crippen molar-refractivity contribution in [2.24, 2.45) is 0 Å². The number of carbonyl (C=O) groups excluding carboxylic acids is 2. The van der Waals surface area contributed by atoms with Crippen molar-refractivity contribution in [3.05, 3.63) is 89.2 Å². The minimum absolute atomic E-state index is 0.0228. The zero-order valence-electron chi connectivity index (χ0n) is 16.9. The molecule has 0 atom stereocenters.